The number of halogens is 1. The zero-order valence-corrected chi connectivity index (χ0v) is 12.9. The van der Waals surface area contributed by atoms with E-state index in [1.807, 2.05) is 6.07 Å². The lowest BCUT2D eigenvalue weighted by Crippen LogP contribution is -2.29. The maximum absolute atomic E-state index is 13.5. The minimum atomic E-state index is -0.889. The van der Waals surface area contributed by atoms with Crippen LogP contribution in [0.4, 0.5) is 4.39 Å². The van der Waals surface area contributed by atoms with Gasteiger partial charge in [-0.2, -0.15) is 0 Å². The second kappa shape index (κ2) is 7.33. The van der Waals surface area contributed by atoms with Crippen molar-refractivity contribution in [3.63, 3.8) is 0 Å². The smallest absolute Gasteiger partial charge is 0.269 e. The molecule has 0 bridgehead atoms. The summed E-state index contributed by atoms with van der Waals surface area (Å²) < 4.78 is 20.3. The van der Waals surface area contributed by atoms with Gasteiger partial charge in [0.2, 0.25) is 0 Å². The van der Waals surface area contributed by atoms with Crippen molar-refractivity contribution in [3.8, 4) is 0 Å². The number of ether oxygens (including phenoxy) is 1. The van der Waals surface area contributed by atoms with Crippen LogP contribution in [-0.4, -0.2) is 27.4 Å². The predicted molar refractivity (Wildman–Crippen MR) is 88.1 cm³/mol. The van der Waals surface area contributed by atoms with E-state index in [-0.39, 0.29) is 31.1 Å². The summed E-state index contributed by atoms with van der Waals surface area (Å²) in [6.07, 6.45) is 0.343. The first-order valence-electron chi connectivity index (χ1n) is 7.59. The lowest BCUT2D eigenvalue weighted by molar-refractivity contribution is 0.0196. The number of hydrogen-bond donors (Lipinski definition) is 1. The minimum Gasteiger partial charge on any atom is -0.389 e. The first-order valence-corrected chi connectivity index (χ1v) is 7.59. The van der Waals surface area contributed by atoms with E-state index in [1.54, 1.807) is 36.4 Å². The average molecular weight is 328 g/mol. The third-order valence-electron chi connectivity index (χ3n) is 3.67. The molecule has 1 heterocycles. The van der Waals surface area contributed by atoms with Crippen molar-refractivity contribution in [2.45, 2.75) is 19.3 Å². The fourth-order valence-corrected chi connectivity index (χ4v) is 2.49. The van der Waals surface area contributed by atoms with Gasteiger partial charge in [-0.25, -0.2) is 9.37 Å². The van der Waals surface area contributed by atoms with E-state index >= 15 is 0 Å². The number of aromatic nitrogens is 2. The second-order valence-electron chi connectivity index (χ2n) is 5.46. The SMILES string of the molecule is O=c1cnc2ccccc2n1CC(O)COCc1ccccc1F. The Morgan fingerprint density at radius 1 is 1.17 bits per heavy atom. The van der Waals surface area contributed by atoms with Crippen LogP contribution in [-0.2, 0) is 17.9 Å². The van der Waals surface area contributed by atoms with E-state index in [9.17, 15) is 14.3 Å². The normalized spacial score (nSPS) is 12.4. The first kappa shape index (κ1) is 16.3. The highest BCUT2D eigenvalue weighted by molar-refractivity contribution is 5.74. The number of nitrogens with zero attached hydrogens (tertiary/aromatic N) is 2. The summed E-state index contributed by atoms with van der Waals surface area (Å²) in [5.74, 6) is -0.344. The van der Waals surface area contributed by atoms with E-state index in [0.717, 1.165) is 0 Å². The molecule has 5 nitrogen and oxygen atoms in total. The molecule has 0 amide bonds. The Bertz CT molecular complexity index is 895. The minimum absolute atomic E-state index is 0.00256. The summed E-state index contributed by atoms with van der Waals surface area (Å²) in [6.45, 7) is 0.145. The van der Waals surface area contributed by atoms with Crippen LogP contribution in [0, 0.1) is 5.82 Å². The Balaban J connectivity index is 1.65. The molecule has 6 heteroatoms. The van der Waals surface area contributed by atoms with Gasteiger partial charge < -0.3 is 14.4 Å². The number of aliphatic hydroxyl groups is 1. The molecule has 3 rings (SSSR count). The Morgan fingerprint density at radius 3 is 2.75 bits per heavy atom. The molecule has 0 fully saturated rings. The van der Waals surface area contributed by atoms with Crippen LogP contribution < -0.4 is 5.56 Å². The van der Waals surface area contributed by atoms with E-state index in [2.05, 4.69) is 4.98 Å². The summed E-state index contributed by atoms with van der Waals surface area (Å²) in [6, 6.07) is 13.5. The summed E-state index contributed by atoms with van der Waals surface area (Å²) in [5, 5.41) is 10.1. The molecule has 24 heavy (non-hydrogen) atoms. The van der Waals surface area contributed by atoms with Crippen molar-refractivity contribution in [1.82, 2.24) is 9.55 Å². The maximum atomic E-state index is 13.5. The third kappa shape index (κ3) is 3.67. The van der Waals surface area contributed by atoms with Gasteiger partial charge in [0.25, 0.3) is 5.56 Å². The number of fused-ring (bicyclic) bond motifs is 1. The molecule has 0 radical (unpaired) electrons. The molecule has 0 saturated heterocycles. The molecule has 0 spiro atoms. The van der Waals surface area contributed by atoms with Gasteiger partial charge in [-0.1, -0.05) is 30.3 Å². The molecule has 1 unspecified atom stereocenters. The maximum Gasteiger partial charge on any atom is 0.269 e. The van der Waals surface area contributed by atoms with E-state index in [0.29, 0.717) is 16.6 Å². The number of benzene rings is 2. The third-order valence-corrected chi connectivity index (χ3v) is 3.67. The zero-order valence-electron chi connectivity index (χ0n) is 12.9. The van der Waals surface area contributed by atoms with Gasteiger partial charge in [-0.05, 0) is 18.2 Å². The molecule has 0 aliphatic carbocycles. The van der Waals surface area contributed by atoms with E-state index in [4.69, 9.17) is 4.74 Å². The van der Waals surface area contributed by atoms with Gasteiger partial charge in [-0.15, -0.1) is 0 Å². The van der Waals surface area contributed by atoms with Crippen molar-refractivity contribution >= 4 is 11.0 Å². The summed E-state index contributed by atoms with van der Waals surface area (Å²) in [7, 11) is 0. The second-order valence-corrected chi connectivity index (χ2v) is 5.46. The van der Waals surface area contributed by atoms with Crippen molar-refractivity contribution in [1.29, 1.82) is 0 Å². The average Bonchev–Trinajstić information content (AvgIpc) is 2.59. The number of hydrogen-bond acceptors (Lipinski definition) is 4. The molecule has 0 aliphatic rings. The molecule has 124 valence electrons. The van der Waals surface area contributed by atoms with Crippen molar-refractivity contribution in [2.24, 2.45) is 0 Å². The standard InChI is InChI=1S/C18H17FN2O3/c19-15-6-2-1-5-13(15)11-24-12-14(22)10-21-17-8-4-3-7-16(17)20-9-18(21)23/h1-9,14,22H,10-12H2. The Morgan fingerprint density at radius 2 is 1.92 bits per heavy atom. The van der Waals surface area contributed by atoms with Crippen LogP contribution >= 0.6 is 0 Å². The summed E-state index contributed by atoms with van der Waals surface area (Å²) in [5.41, 5.74) is 1.47. The van der Waals surface area contributed by atoms with Crippen LogP contribution in [0.25, 0.3) is 11.0 Å². The van der Waals surface area contributed by atoms with Gasteiger partial charge >= 0.3 is 0 Å². The molecule has 0 aliphatic heterocycles. The van der Waals surface area contributed by atoms with Gasteiger partial charge in [-0.3, -0.25) is 4.79 Å². The highest BCUT2D eigenvalue weighted by Crippen LogP contribution is 2.10. The predicted octanol–water partition coefficient (Wildman–Crippen LogP) is 2.11. The van der Waals surface area contributed by atoms with Gasteiger partial charge in [0.15, 0.2) is 0 Å². The van der Waals surface area contributed by atoms with Crippen molar-refractivity contribution < 1.29 is 14.2 Å². The quantitative estimate of drug-likeness (QED) is 0.753. The Hall–Kier alpha value is -2.57. The molecule has 1 atom stereocenters. The van der Waals surface area contributed by atoms with Crippen molar-refractivity contribution in [2.75, 3.05) is 6.61 Å². The Kier molecular flexibility index (Phi) is 4.98. The summed E-state index contributed by atoms with van der Waals surface area (Å²) in [4.78, 5) is 16.1. The first-order chi connectivity index (χ1) is 11.6. The molecular weight excluding hydrogens is 311 g/mol. The molecule has 0 saturated carbocycles. The van der Waals surface area contributed by atoms with Crippen LogP contribution in [0.2, 0.25) is 0 Å². The molecule has 2 aromatic carbocycles. The molecule has 1 N–H and O–H groups in total. The lowest BCUT2D eigenvalue weighted by atomic mass is 10.2. The van der Waals surface area contributed by atoms with Gasteiger partial charge in [0.05, 0.1) is 43.1 Å². The van der Waals surface area contributed by atoms with Crippen LogP contribution in [0.5, 0.6) is 0 Å². The van der Waals surface area contributed by atoms with Crippen LogP contribution in [0.1, 0.15) is 5.56 Å². The number of para-hydroxylation sites is 2. The van der Waals surface area contributed by atoms with Gasteiger partial charge in [0.1, 0.15) is 5.82 Å². The molecule has 3 aromatic rings. The fourth-order valence-electron chi connectivity index (χ4n) is 2.49. The van der Waals surface area contributed by atoms with E-state index in [1.165, 1.54) is 16.8 Å². The molecular formula is C18H17FN2O3. The topological polar surface area (TPSA) is 64.4 Å². The van der Waals surface area contributed by atoms with Crippen LogP contribution in [0.15, 0.2) is 59.5 Å². The Labute approximate surface area is 138 Å². The van der Waals surface area contributed by atoms with Gasteiger partial charge in [0, 0.05) is 5.56 Å². The number of rotatable bonds is 6. The molecule has 1 aromatic heterocycles. The monoisotopic (exact) mass is 328 g/mol. The highest BCUT2D eigenvalue weighted by Gasteiger charge is 2.11. The van der Waals surface area contributed by atoms with Crippen molar-refractivity contribution in [3.05, 3.63) is 76.5 Å². The summed E-state index contributed by atoms with van der Waals surface area (Å²) >= 11 is 0. The largest absolute Gasteiger partial charge is 0.389 e. The zero-order chi connectivity index (χ0) is 16.9. The number of aliphatic hydroxyl groups excluding tert-OH is 1. The van der Waals surface area contributed by atoms with Crippen LogP contribution in [0.3, 0.4) is 0 Å². The highest BCUT2D eigenvalue weighted by atomic mass is 19.1. The lowest BCUT2D eigenvalue weighted by Gasteiger charge is -2.15. The fraction of sp³-hybridized carbons (Fsp3) is 0.222. The van der Waals surface area contributed by atoms with E-state index < -0.39 is 6.10 Å².